The van der Waals surface area contributed by atoms with Gasteiger partial charge in [0.15, 0.2) is 0 Å². The van der Waals surface area contributed by atoms with Gasteiger partial charge in [-0.25, -0.2) is 0 Å². The lowest BCUT2D eigenvalue weighted by molar-refractivity contribution is 0.810. The zero-order valence-corrected chi connectivity index (χ0v) is 14.2. The number of nitrogens with zero attached hydrogens (tertiary/aromatic N) is 5. The minimum atomic E-state index is 0.384. The third-order valence-corrected chi connectivity index (χ3v) is 4.54. The van der Waals surface area contributed by atoms with Crippen molar-refractivity contribution in [2.75, 3.05) is 0 Å². The maximum absolute atomic E-state index is 4.59. The molecule has 0 radical (unpaired) electrons. The first-order valence-corrected chi connectivity index (χ1v) is 8.53. The van der Waals surface area contributed by atoms with E-state index in [1.165, 1.54) is 11.3 Å². The Kier molecular flexibility index (Phi) is 3.70. The highest BCUT2D eigenvalue weighted by Crippen LogP contribution is 2.23. The summed E-state index contributed by atoms with van der Waals surface area (Å²) in [6.45, 7) is 4.23. The predicted molar refractivity (Wildman–Crippen MR) is 95.7 cm³/mol. The van der Waals surface area contributed by atoms with Crippen molar-refractivity contribution in [2.24, 2.45) is 0 Å². The molecule has 7 heteroatoms. The Morgan fingerprint density at radius 2 is 1.96 bits per heavy atom. The van der Waals surface area contributed by atoms with Gasteiger partial charge in [-0.05, 0) is 23.6 Å². The summed E-state index contributed by atoms with van der Waals surface area (Å²) in [6, 6.07) is 12.1. The molecule has 4 aromatic rings. The van der Waals surface area contributed by atoms with Crippen molar-refractivity contribution in [1.29, 1.82) is 0 Å². The van der Waals surface area contributed by atoms with Gasteiger partial charge in [-0.2, -0.15) is 14.7 Å². The van der Waals surface area contributed by atoms with Gasteiger partial charge >= 0.3 is 0 Å². The van der Waals surface area contributed by atoms with Crippen molar-refractivity contribution in [2.45, 2.75) is 19.8 Å². The van der Waals surface area contributed by atoms with E-state index in [-0.39, 0.29) is 0 Å². The molecule has 3 aromatic heterocycles. The summed E-state index contributed by atoms with van der Waals surface area (Å²) in [6.07, 6.45) is 4.03. The molecule has 0 aliphatic carbocycles. The fraction of sp³-hybridized carbons (Fsp3) is 0.176. The zero-order chi connectivity index (χ0) is 16.5. The van der Waals surface area contributed by atoms with Crippen molar-refractivity contribution in [3.63, 3.8) is 0 Å². The lowest BCUT2D eigenvalue weighted by atomic mass is 10.1. The molecule has 6 nitrogen and oxygen atoms in total. The topological polar surface area (TPSA) is 71.8 Å². The van der Waals surface area contributed by atoms with Crippen molar-refractivity contribution < 1.29 is 0 Å². The predicted octanol–water partition coefficient (Wildman–Crippen LogP) is 3.87. The Balaban J connectivity index is 1.67. The lowest BCUT2D eigenvalue weighted by Crippen LogP contribution is -1.90. The summed E-state index contributed by atoms with van der Waals surface area (Å²) in [5.41, 5.74) is 2.97. The minimum Gasteiger partial charge on any atom is -0.282 e. The molecular formula is C17H16N6S. The Labute approximate surface area is 142 Å². The molecule has 0 aliphatic rings. The second kappa shape index (κ2) is 6.01. The van der Waals surface area contributed by atoms with Gasteiger partial charge in [-0.15, -0.1) is 10.2 Å². The molecule has 4 rings (SSSR count). The van der Waals surface area contributed by atoms with Gasteiger partial charge in [0.25, 0.3) is 0 Å². The number of H-pyrrole nitrogens is 1. The minimum absolute atomic E-state index is 0.384. The fourth-order valence-electron chi connectivity index (χ4n) is 2.34. The molecule has 0 amide bonds. The average molecular weight is 336 g/mol. The summed E-state index contributed by atoms with van der Waals surface area (Å²) in [4.78, 5) is 0.756. The number of fused-ring (bicyclic) bond motifs is 1. The van der Waals surface area contributed by atoms with E-state index in [1.54, 1.807) is 4.52 Å². The van der Waals surface area contributed by atoms with Gasteiger partial charge < -0.3 is 0 Å². The van der Waals surface area contributed by atoms with E-state index >= 15 is 0 Å². The van der Waals surface area contributed by atoms with Crippen LogP contribution in [0.25, 0.3) is 28.6 Å². The van der Waals surface area contributed by atoms with E-state index in [2.05, 4.69) is 51.5 Å². The molecule has 24 heavy (non-hydrogen) atoms. The van der Waals surface area contributed by atoms with Crippen LogP contribution in [-0.2, 0) is 0 Å². The molecule has 1 aromatic carbocycles. The standard InChI is InChI=1S/C17H16N6S/c1-11(2)13-10-14(19-18-13)16-20-21-17-23(16)22-15(24-17)9-8-12-6-4-3-5-7-12/h3-11H,1-2H3,(H,18,19)/b9-8+. The number of nitrogens with one attached hydrogen (secondary N) is 1. The number of benzene rings is 1. The summed E-state index contributed by atoms with van der Waals surface area (Å²) in [7, 11) is 0. The normalized spacial score (nSPS) is 12.0. The van der Waals surface area contributed by atoms with Gasteiger partial charge in [0.05, 0.1) is 0 Å². The Morgan fingerprint density at radius 3 is 2.71 bits per heavy atom. The smallest absolute Gasteiger partial charge is 0.235 e. The van der Waals surface area contributed by atoms with E-state index < -0.39 is 0 Å². The Bertz CT molecular complexity index is 993. The largest absolute Gasteiger partial charge is 0.282 e. The quantitative estimate of drug-likeness (QED) is 0.614. The molecule has 0 unspecified atom stereocenters. The van der Waals surface area contributed by atoms with Crippen LogP contribution < -0.4 is 0 Å². The highest BCUT2D eigenvalue weighted by molar-refractivity contribution is 7.17. The van der Waals surface area contributed by atoms with Crippen molar-refractivity contribution in [3.05, 3.63) is 52.7 Å². The van der Waals surface area contributed by atoms with Crippen LogP contribution in [0.4, 0.5) is 0 Å². The van der Waals surface area contributed by atoms with Crippen LogP contribution in [-0.4, -0.2) is 30.0 Å². The van der Waals surface area contributed by atoms with Gasteiger partial charge in [0.1, 0.15) is 10.7 Å². The Morgan fingerprint density at radius 1 is 1.12 bits per heavy atom. The molecule has 1 N–H and O–H groups in total. The van der Waals surface area contributed by atoms with Crippen molar-refractivity contribution >= 4 is 28.4 Å². The van der Waals surface area contributed by atoms with E-state index in [9.17, 15) is 0 Å². The third kappa shape index (κ3) is 2.74. The van der Waals surface area contributed by atoms with Crippen LogP contribution in [0.1, 0.15) is 36.0 Å². The maximum Gasteiger partial charge on any atom is 0.235 e. The first-order chi connectivity index (χ1) is 11.7. The monoisotopic (exact) mass is 336 g/mol. The van der Waals surface area contributed by atoms with Gasteiger partial charge in [-0.3, -0.25) is 5.10 Å². The number of hydrogen-bond donors (Lipinski definition) is 1. The third-order valence-electron chi connectivity index (χ3n) is 3.67. The van der Waals surface area contributed by atoms with Gasteiger partial charge in [-0.1, -0.05) is 61.6 Å². The first-order valence-electron chi connectivity index (χ1n) is 7.72. The maximum atomic E-state index is 4.59. The molecule has 0 fully saturated rings. The van der Waals surface area contributed by atoms with Crippen LogP contribution in [0, 0.1) is 0 Å². The molecule has 0 aliphatic heterocycles. The van der Waals surface area contributed by atoms with Crippen LogP contribution >= 0.6 is 11.3 Å². The molecule has 3 heterocycles. The molecular weight excluding hydrogens is 320 g/mol. The summed E-state index contributed by atoms with van der Waals surface area (Å²) in [5, 5.41) is 21.3. The Hall–Kier alpha value is -2.80. The van der Waals surface area contributed by atoms with E-state index in [0.29, 0.717) is 11.7 Å². The van der Waals surface area contributed by atoms with E-state index in [0.717, 1.165) is 26.9 Å². The second-order valence-corrected chi connectivity index (χ2v) is 6.75. The summed E-state index contributed by atoms with van der Waals surface area (Å²) >= 11 is 1.50. The average Bonchev–Trinajstić information content (AvgIpc) is 3.28. The SMILES string of the molecule is CC(C)c1cc(-c2nnc3sc(/C=C/c4ccccc4)nn23)n[nH]1. The number of aromatic nitrogens is 6. The molecule has 0 saturated carbocycles. The van der Waals surface area contributed by atoms with Crippen molar-refractivity contribution in [1.82, 2.24) is 30.0 Å². The highest BCUT2D eigenvalue weighted by Gasteiger charge is 2.16. The zero-order valence-electron chi connectivity index (χ0n) is 13.3. The number of aromatic amines is 1. The summed E-state index contributed by atoms with van der Waals surface area (Å²) < 4.78 is 1.75. The molecule has 0 spiro atoms. The van der Waals surface area contributed by atoms with E-state index in [4.69, 9.17) is 0 Å². The second-order valence-electron chi connectivity index (χ2n) is 5.77. The number of hydrogen-bond acceptors (Lipinski definition) is 5. The van der Waals surface area contributed by atoms with E-state index in [1.807, 2.05) is 36.4 Å². The first kappa shape index (κ1) is 14.8. The van der Waals surface area contributed by atoms with Crippen molar-refractivity contribution in [3.8, 4) is 11.5 Å². The summed E-state index contributed by atoms with van der Waals surface area (Å²) in [5.74, 6) is 1.04. The van der Waals surface area contributed by atoms with Crippen LogP contribution in [0.2, 0.25) is 0 Å². The van der Waals surface area contributed by atoms with Crippen LogP contribution in [0.5, 0.6) is 0 Å². The fourth-order valence-corrected chi connectivity index (χ4v) is 3.08. The highest BCUT2D eigenvalue weighted by atomic mass is 32.1. The number of rotatable bonds is 4. The van der Waals surface area contributed by atoms with Crippen LogP contribution in [0.3, 0.4) is 0 Å². The molecule has 0 saturated heterocycles. The van der Waals surface area contributed by atoms with Gasteiger partial charge in [0.2, 0.25) is 10.8 Å². The molecule has 0 bridgehead atoms. The molecule has 120 valence electrons. The van der Waals surface area contributed by atoms with Gasteiger partial charge in [0, 0.05) is 5.69 Å². The van der Waals surface area contributed by atoms with Crippen LogP contribution in [0.15, 0.2) is 36.4 Å². The molecule has 0 atom stereocenters. The lowest BCUT2D eigenvalue weighted by Gasteiger charge is -1.96.